The molecular formula is C19H23ClN4O3S. The summed E-state index contributed by atoms with van der Waals surface area (Å²) < 4.78 is 26.9. The molecule has 1 saturated heterocycles. The lowest BCUT2D eigenvalue weighted by Crippen LogP contribution is -2.41. The highest BCUT2D eigenvalue weighted by molar-refractivity contribution is 7.89. The summed E-state index contributed by atoms with van der Waals surface area (Å²) in [5.41, 5.74) is 1.06. The highest BCUT2D eigenvalue weighted by Gasteiger charge is 2.26. The van der Waals surface area contributed by atoms with Gasteiger partial charge in [-0.2, -0.15) is 0 Å². The number of carbonyl (C=O) groups excluding carboxylic acids is 1. The van der Waals surface area contributed by atoms with E-state index in [9.17, 15) is 13.2 Å². The van der Waals surface area contributed by atoms with Crippen molar-refractivity contribution in [1.82, 2.24) is 19.2 Å². The fraction of sp³-hybridized carbons (Fsp3) is 0.421. The standard InChI is InChI=1S/C19H23ClN4O3S/c20-18-17(7-5-9-22-18)19(25)23(15-16-6-4-8-21-14-16)12-13-28(26,27)24-10-2-1-3-11-24/h4-9,14H,1-3,10-13,15H2. The van der Waals surface area contributed by atoms with Crippen LogP contribution in [0.25, 0.3) is 0 Å². The van der Waals surface area contributed by atoms with Gasteiger partial charge in [-0.05, 0) is 36.6 Å². The molecule has 7 nitrogen and oxygen atoms in total. The van der Waals surface area contributed by atoms with E-state index >= 15 is 0 Å². The lowest BCUT2D eigenvalue weighted by molar-refractivity contribution is 0.0753. The number of amides is 1. The summed E-state index contributed by atoms with van der Waals surface area (Å²) in [4.78, 5) is 22.5. The van der Waals surface area contributed by atoms with Gasteiger partial charge in [-0.25, -0.2) is 17.7 Å². The minimum absolute atomic E-state index is 0.0672. The van der Waals surface area contributed by atoms with Crippen molar-refractivity contribution in [1.29, 1.82) is 0 Å². The van der Waals surface area contributed by atoms with Crippen molar-refractivity contribution in [3.05, 3.63) is 59.1 Å². The summed E-state index contributed by atoms with van der Waals surface area (Å²) in [7, 11) is -3.42. The van der Waals surface area contributed by atoms with Crippen LogP contribution in [-0.4, -0.2) is 58.9 Å². The maximum absolute atomic E-state index is 13.0. The molecule has 0 saturated carbocycles. The van der Waals surface area contributed by atoms with Crippen molar-refractivity contribution < 1.29 is 13.2 Å². The molecule has 0 N–H and O–H groups in total. The van der Waals surface area contributed by atoms with E-state index in [1.165, 1.54) is 15.4 Å². The predicted octanol–water partition coefficient (Wildman–Crippen LogP) is 2.59. The van der Waals surface area contributed by atoms with E-state index in [1.807, 2.05) is 6.07 Å². The van der Waals surface area contributed by atoms with Crippen molar-refractivity contribution in [2.75, 3.05) is 25.4 Å². The summed E-state index contributed by atoms with van der Waals surface area (Å²) >= 11 is 6.08. The van der Waals surface area contributed by atoms with Gasteiger partial charge in [0.1, 0.15) is 5.15 Å². The molecule has 0 spiro atoms. The molecule has 150 valence electrons. The molecular weight excluding hydrogens is 400 g/mol. The molecule has 3 rings (SSSR count). The van der Waals surface area contributed by atoms with Gasteiger partial charge in [0.25, 0.3) is 5.91 Å². The Hall–Kier alpha value is -2.03. The fourth-order valence-electron chi connectivity index (χ4n) is 3.18. The highest BCUT2D eigenvalue weighted by Crippen LogP contribution is 2.18. The van der Waals surface area contributed by atoms with Gasteiger partial charge >= 0.3 is 0 Å². The molecule has 0 unspecified atom stereocenters. The Labute approximate surface area is 170 Å². The second-order valence-corrected chi connectivity index (χ2v) is 9.15. The number of carbonyl (C=O) groups is 1. The Morgan fingerprint density at radius 1 is 1.14 bits per heavy atom. The zero-order valence-corrected chi connectivity index (χ0v) is 17.1. The smallest absolute Gasteiger partial charge is 0.257 e. The fourth-order valence-corrected chi connectivity index (χ4v) is 4.90. The first-order chi connectivity index (χ1) is 13.5. The third-order valence-electron chi connectivity index (χ3n) is 4.70. The summed E-state index contributed by atoms with van der Waals surface area (Å²) in [6.07, 6.45) is 7.62. The van der Waals surface area contributed by atoms with Crippen LogP contribution >= 0.6 is 11.6 Å². The SMILES string of the molecule is O=C(c1cccnc1Cl)N(CCS(=O)(=O)N1CCCCC1)Cc1cccnc1. The molecule has 0 radical (unpaired) electrons. The van der Waals surface area contributed by atoms with Crippen molar-refractivity contribution in [3.63, 3.8) is 0 Å². The molecule has 0 aliphatic carbocycles. The summed E-state index contributed by atoms with van der Waals surface area (Å²) in [6, 6.07) is 6.84. The molecule has 1 amide bonds. The van der Waals surface area contributed by atoms with Gasteiger partial charge in [0, 0.05) is 44.8 Å². The Morgan fingerprint density at radius 2 is 1.89 bits per heavy atom. The third-order valence-corrected chi connectivity index (χ3v) is 6.85. The molecule has 1 fully saturated rings. The summed E-state index contributed by atoms with van der Waals surface area (Å²) in [5.74, 6) is -0.479. The highest BCUT2D eigenvalue weighted by atomic mass is 35.5. The molecule has 2 aromatic heterocycles. The van der Waals surface area contributed by atoms with Gasteiger partial charge in [-0.1, -0.05) is 24.1 Å². The van der Waals surface area contributed by atoms with Crippen LogP contribution in [0.15, 0.2) is 42.9 Å². The number of hydrogen-bond donors (Lipinski definition) is 0. The number of rotatable bonds is 7. The topological polar surface area (TPSA) is 83.5 Å². The van der Waals surface area contributed by atoms with E-state index in [2.05, 4.69) is 9.97 Å². The Kier molecular flexibility index (Phi) is 6.98. The first kappa shape index (κ1) is 20.7. The summed E-state index contributed by atoms with van der Waals surface area (Å²) in [5, 5.41) is 0.0996. The third kappa shape index (κ3) is 5.27. The average molecular weight is 423 g/mol. The van der Waals surface area contributed by atoms with Gasteiger partial charge in [0.2, 0.25) is 10.0 Å². The Balaban J connectivity index is 1.78. The van der Waals surface area contributed by atoms with Crippen molar-refractivity contribution in [2.24, 2.45) is 0 Å². The molecule has 0 bridgehead atoms. The Morgan fingerprint density at radius 3 is 2.57 bits per heavy atom. The van der Waals surface area contributed by atoms with Crippen molar-refractivity contribution >= 4 is 27.5 Å². The van der Waals surface area contributed by atoms with Gasteiger partial charge < -0.3 is 4.90 Å². The van der Waals surface area contributed by atoms with Crippen LogP contribution in [0.5, 0.6) is 0 Å². The number of hydrogen-bond acceptors (Lipinski definition) is 5. The number of pyridine rings is 2. The maximum atomic E-state index is 13.0. The Bertz CT molecular complexity index is 902. The molecule has 2 aromatic rings. The first-order valence-electron chi connectivity index (χ1n) is 9.24. The van der Waals surface area contributed by atoms with E-state index in [1.54, 1.807) is 30.6 Å². The molecule has 3 heterocycles. The monoisotopic (exact) mass is 422 g/mol. The maximum Gasteiger partial charge on any atom is 0.257 e. The van der Waals surface area contributed by atoms with Gasteiger partial charge in [0.05, 0.1) is 11.3 Å². The van der Waals surface area contributed by atoms with Gasteiger partial charge in [-0.3, -0.25) is 9.78 Å². The molecule has 1 aliphatic heterocycles. The number of sulfonamides is 1. The van der Waals surface area contributed by atoms with Crippen LogP contribution in [0.1, 0.15) is 35.2 Å². The predicted molar refractivity (Wildman–Crippen MR) is 107 cm³/mol. The first-order valence-corrected chi connectivity index (χ1v) is 11.2. The second-order valence-electron chi connectivity index (χ2n) is 6.71. The normalized spacial score (nSPS) is 15.3. The van der Waals surface area contributed by atoms with E-state index in [4.69, 9.17) is 11.6 Å². The zero-order valence-electron chi connectivity index (χ0n) is 15.5. The zero-order chi connectivity index (χ0) is 20.0. The largest absolute Gasteiger partial charge is 0.333 e. The lowest BCUT2D eigenvalue weighted by atomic mass is 10.2. The number of nitrogens with zero attached hydrogens (tertiary/aromatic N) is 4. The van der Waals surface area contributed by atoms with Crippen LogP contribution in [0.3, 0.4) is 0 Å². The van der Waals surface area contributed by atoms with Crippen LogP contribution in [0, 0.1) is 0 Å². The van der Waals surface area contributed by atoms with Crippen LogP contribution in [0.4, 0.5) is 0 Å². The molecule has 28 heavy (non-hydrogen) atoms. The van der Waals surface area contributed by atoms with Crippen LogP contribution in [0.2, 0.25) is 5.15 Å². The minimum atomic E-state index is -3.42. The summed E-state index contributed by atoms with van der Waals surface area (Å²) in [6.45, 7) is 1.41. The van der Waals surface area contributed by atoms with E-state index in [-0.39, 0.29) is 35.5 Å². The van der Waals surface area contributed by atoms with Gasteiger partial charge in [-0.15, -0.1) is 0 Å². The lowest BCUT2D eigenvalue weighted by Gasteiger charge is -2.28. The van der Waals surface area contributed by atoms with Crippen molar-refractivity contribution in [3.8, 4) is 0 Å². The van der Waals surface area contributed by atoms with E-state index in [0.717, 1.165) is 24.8 Å². The molecule has 9 heteroatoms. The molecule has 1 aliphatic rings. The minimum Gasteiger partial charge on any atom is -0.333 e. The van der Waals surface area contributed by atoms with Crippen molar-refractivity contribution in [2.45, 2.75) is 25.8 Å². The van der Waals surface area contributed by atoms with Crippen LogP contribution < -0.4 is 0 Å². The number of halogens is 1. The second kappa shape index (κ2) is 9.45. The van der Waals surface area contributed by atoms with E-state index < -0.39 is 10.0 Å². The quantitative estimate of drug-likeness (QED) is 0.640. The number of aromatic nitrogens is 2. The molecule has 0 aromatic carbocycles. The number of piperidine rings is 1. The average Bonchev–Trinajstić information content (AvgIpc) is 2.72. The van der Waals surface area contributed by atoms with Crippen LogP contribution in [-0.2, 0) is 16.6 Å². The van der Waals surface area contributed by atoms with Gasteiger partial charge in [0.15, 0.2) is 0 Å². The van der Waals surface area contributed by atoms with E-state index in [0.29, 0.717) is 13.1 Å². The molecule has 0 atom stereocenters.